The molecular weight excluding hydrogens is 336 g/mol. The molecule has 0 bridgehead atoms. The van der Waals surface area contributed by atoms with Gasteiger partial charge in [-0.3, -0.25) is 4.79 Å². The normalized spacial score (nSPS) is 10.8. The van der Waals surface area contributed by atoms with Crippen LogP contribution in [0.15, 0.2) is 45.9 Å². The monoisotopic (exact) mass is 346 g/mol. The molecule has 0 amide bonds. The molecule has 2 aromatic heterocycles. The zero-order chi connectivity index (χ0) is 15.0. The number of hydrogen-bond donors (Lipinski definition) is 2. The fourth-order valence-electron chi connectivity index (χ4n) is 2.07. The fraction of sp³-hybridized carbons (Fsp3) is 0.0714. The maximum atomic E-state index is 12.3. The molecule has 0 saturated carbocycles. The van der Waals surface area contributed by atoms with Crippen LogP contribution in [-0.2, 0) is 7.05 Å². The first-order valence-electron chi connectivity index (χ1n) is 6.14. The molecule has 6 nitrogen and oxygen atoms in total. The lowest BCUT2D eigenvalue weighted by Gasteiger charge is -2.07. The van der Waals surface area contributed by atoms with Crippen LogP contribution in [0.3, 0.4) is 0 Å². The van der Waals surface area contributed by atoms with E-state index in [1.807, 2.05) is 6.07 Å². The molecular formula is C14H11BrN4O2. The molecule has 0 spiro atoms. The molecule has 21 heavy (non-hydrogen) atoms. The molecule has 0 saturated heterocycles. The van der Waals surface area contributed by atoms with Crippen LogP contribution in [0.5, 0.6) is 5.88 Å². The molecule has 3 rings (SSSR count). The largest absolute Gasteiger partial charge is 0.493 e. The molecule has 0 fully saturated rings. The number of imidazole rings is 1. The molecule has 0 aliphatic heterocycles. The van der Waals surface area contributed by atoms with Crippen molar-refractivity contribution in [2.24, 2.45) is 7.05 Å². The lowest BCUT2D eigenvalue weighted by atomic mass is 10.1. The highest BCUT2D eigenvalue weighted by Crippen LogP contribution is 2.30. The Bertz CT molecular complexity index is 869. The lowest BCUT2D eigenvalue weighted by Crippen LogP contribution is -2.13. The number of halogens is 1. The molecule has 0 atom stereocenters. The Hall–Kier alpha value is -2.41. The van der Waals surface area contributed by atoms with Crippen LogP contribution < -0.4 is 5.56 Å². The van der Waals surface area contributed by atoms with Gasteiger partial charge in [0.25, 0.3) is 5.56 Å². The Kier molecular flexibility index (Phi) is 3.34. The zero-order valence-electron chi connectivity index (χ0n) is 11.0. The van der Waals surface area contributed by atoms with Gasteiger partial charge >= 0.3 is 0 Å². The van der Waals surface area contributed by atoms with E-state index in [1.165, 1.54) is 0 Å². The molecule has 7 heteroatoms. The number of aromatic amines is 1. The Morgan fingerprint density at radius 3 is 2.71 bits per heavy atom. The van der Waals surface area contributed by atoms with E-state index in [-0.39, 0.29) is 17.3 Å². The first kappa shape index (κ1) is 13.6. The van der Waals surface area contributed by atoms with Gasteiger partial charge in [0.1, 0.15) is 5.56 Å². The Morgan fingerprint density at radius 2 is 2.10 bits per heavy atom. The minimum absolute atomic E-state index is 0.125. The number of H-pyrrole nitrogens is 1. The molecule has 2 heterocycles. The SMILES string of the molecule is Cn1ccnc1-c1nc(O)c(-c2ccccc2Br)c(=O)[nH]1. The van der Waals surface area contributed by atoms with Crippen molar-refractivity contribution >= 4 is 15.9 Å². The molecule has 0 aliphatic carbocycles. The smallest absolute Gasteiger partial charge is 0.263 e. The van der Waals surface area contributed by atoms with Gasteiger partial charge in [-0.05, 0) is 6.07 Å². The van der Waals surface area contributed by atoms with Gasteiger partial charge in [0, 0.05) is 29.5 Å². The lowest BCUT2D eigenvalue weighted by molar-refractivity contribution is 0.454. The summed E-state index contributed by atoms with van der Waals surface area (Å²) in [5, 5.41) is 10.2. The van der Waals surface area contributed by atoms with Crippen molar-refractivity contribution in [3.8, 4) is 28.7 Å². The summed E-state index contributed by atoms with van der Waals surface area (Å²) in [5.74, 6) is 0.366. The fourth-order valence-corrected chi connectivity index (χ4v) is 2.55. The third-order valence-electron chi connectivity index (χ3n) is 3.08. The Balaban J connectivity index is 2.21. The van der Waals surface area contributed by atoms with Gasteiger partial charge in [-0.1, -0.05) is 34.1 Å². The van der Waals surface area contributed by atoms with Gasteiger partial charge in [-0.15, -0.1) is 0 Å². The summed E-state index contributed by atoms with van der Waals surface area (Å²) in [7, 11) is 1.78. The standard InChI is InChI=1S/C14H11BrN4O2/c1-19-7-6-16-12(19)11-17-13(20)10(14(21)18-11)8-4-2-3-5-9(8)15/h2-7H,1H3,(H2,17,18,20,21). The second-order valence-electron chi connectivity index (χ2n) is 4.45. The number of hydrogen-bond acceptors (Lipinski definition) is 4. The van der Waals surface area contributed by atoms with Crippen molar-refractivity contribution in [1.29, 1.82) is 0 Å². The van der Waals surface area contributed by atoms with Gasteiger partial charge in [-0.25, -0.2) is 4.98 Å². The van der Waals surface area contributed by atoms with Crippen molar-refractivity contribution < 1.29 is 5.11 Å². The molecule has 0 radical (unpaired) electrons. The van der Waals surface area contributed by atoms with E-state index in [0.717, 1.165) is 0 Å². The minimum Gasteiger partial charge on any atom is -0.493 e. The number of nitrogens with zero attached hydrogens (tertiary/aromatic N) is 3. The zero-order valence-corrected chi connectivity index (χ0v) is 12.6. The third kappa shape index (κ3) is 2.36. The Labute approximate surface area is 128 Å². The van der Waals surface area contributed by atoms with E-state index < -0.39 is 5.56 Å². The number of aryl methyl sites for hydroxylation is 1. The first-order chi connectivity index (χ1) is 10.1. The van der Waals surface area contributed by atoms with Gasteiger partial charge in [0.05, 0.1) is 0 Å². The van der Waals surface area contributed by atoms with Crippen molar-refractivity contribution in [3.05, 3.63) is 51.5 Å². The topological polar surface area (TPSA) is 83.8 Å². The number of aromatic hydroxyl groups is 1. The van der Waals surface area contributed by atoms with E-state index in [1.54, 1.807) is 42.2 Å². The van der Waals surface area contributed by atoms with Crippen LogP contribution in [-0.4, -0.2) is 24.6 Å². The van der Waals surface area contributed by atoms with E-state index in [9.17, 15) is 9.90 Å². The summed E-state index contributed by atoms with van der Waals surface area (Å²) in [6, 6.07) is 7.14. The molecule has 106 valence electrons. The van der Waals surface area contributed by atoms with E-state index >= 15 is 0 Å². The number of rotatable bonds is 2. The van der Waals surface area contributed by atoms with E-state index in [0.29, 0.717) is 15.9 Å². The van der Waals surface area contributed by atoms with Crippen LogP contribution in [0.4, 0.5) is 0 Å². The Morgan fingerprint density at radius 1 is 1.33 bits per heavy atom. The highest BCUT2D eigenvalue weighted by molar-refractivity contribution is 9.10. The summed E-state index contributed by atoms with van der Waals surface area (Å²) in [5.41, 5.74) is 0.281. The summed E-state index contributed by atoms with van der Waals surface area (Å²) in [6.45, 7) is 0. The van der Waals surface area contributed by atoms with Crippen LogP contribution in [0.1, 0.15) is 0 Å². The van der Waals surface area contributed by atoms with Gasteiger partial charge in [0.15, 0.2) is 11.6 Å². The second kappa shape index (κ2) is 5.17. The quantitative estimate of drug-likeness (QED) is 0.745. The predicted octanol–water partition coefficient (Wildman–Crippen LogP) is 2.31. The summed E-state index contributed by atoms with van der Waals surface area (Å²) < 4.78 is 2.41. The van der Waals surface area contributed by atoms with Crippen molar-refractivity contribution in [3.63, 3.8) is 0 Å². The van der Waals surface area contributed by atoms with Crippen LogP contribution in [0.2, 0.25) is 0 Å². The summed E-state index contributed by atoms with van der Waals surface area (Å²) in [4.78, 5) is 23.1. The van der Waals surface area contributed by atoms with Gasteiger partial charge < -0.3 is 14.7 Å². The van der Waals surface area contributed by atoms with Crippen LogP contribution in [0.25, 0.3) is 22.8 Å². The maximum Gasteiger partial charge on any atom is 0.263 e. The second-order valence-corrected chi connectivity index (χ2v) is 5.31. The molecule has 2 N–H and O–H groups in total. The average molecular weight is 347 g/mol. The van der Waals surface area contributed by atoms with Crippen LogP contribution >= 0.6 is 15.9 Å². The predicted molar refractivity (Wildman–Crippen MR) is 81.9 cm³/mol. The average Bonchev–Trinajstić information content (AvgIpc) is 2.86. The van der Waals surface area contributed by atoms with Crippen molar-refractivity contribution in [1.82, 2.24) is 19.5 Å². The first-order valence-corrected chi connectivity index (χ1v) is 6.93. The maximum absolute atomic E-state index is 12.3. The molecule has 3 aromatic rings. The number of benzene rings is 1. The highest BCUT2D eigenvalue weighted by Gasteiger charge is 2.17. The molecule has 0 aliphatic rings. The van der Waals surface area contributed by atoms with Gasteiger partial charge in [0.2, 0.25) is 5.88 Å². The highest BCUT2D eigenvalue weighted by atomic mass is 79.9. The minimum atomic E-state index is -0.424. The van der Waals surface area contributed by atoms with Crippen molar-refractivity contribution in [2.45, 2.75) is 0 Å². The number of aromatic nitrogens is 4. The summed E-state index contributed by atoms with van der Waals surface area (Å²) >= 11 is 3.36. The summed E-state index contributed by atoms with van der Waals surface area (Å²) in [6.07, 6.45) is 3.32. The molecule has 0 unspecified atom stereocenters. The van der Waals surface area contributed by atoms with Crippen molar-refractivity contribution in [2.75, 3.05) is 0 Å². The van der Waals surface area contributed by atoms with Crippen LogP contribution in [0, 0.1) is 0 Å². The third-order valence-corrected chi connectivity index (χ3v) is 3.77. The molecule has 1 aromatic carbocycles. The van der Waals surface area contributed by atoms with Gasteiger partial charge in [-0.2, -0.15) is 4.98 Å². The van der Waals surface area contributed by atoms with E-state index in [4.69, 9.17) is 0 Å². The van der Waals surface area contributed by atoms with E-state index in [2.05, 4.69) is 30.9 Å². The number of nitrogens with one attached hydrogen (secondary N) is 1.